The Morgan fingerprint density at radius 3 is 2.53 bits per heavy atom. The summed E-state index contributed by atoms with van der Waals surface area (Å²) in [5, 5.41) is 0.562. The van der Waals surface area contributed by atoms with Gasteiger partial charge in [0.15, 0.2) is 0 Å². The molecule has 2 aromatic carbocycles. The molecule has 0 aliphatic heterocycles. The van der Waals surface area contributed by atoms with Gasteiger partial charge in [0.1, 0.15) is 5.82 Å². The van der Waals surface area contributed by atoms with Crippen LogP contribution in [0.2, 0.25) is 5.02 Å². The van der Waals surface area contributed by atoms with Crippen LogP contribution < -0.4 is 5.73 Å². The first-order valence-electron chi connectivity index (χ1n) is 5.90. The summed E-state index contributed by atoms with van der Waals surface area (Å²) in [5.74, 6) is 0.837. The maximum Gasteiger partial charge on any atom is 0.137 e. The van der Waals surface area contributed by atoms with Crippen LogP contribution in [0.25, 0.3) is 22.6 Å². The number of imidazole rings is 1. The number of nitrogen functional groups attached to an aromatic ring is 1. The summed E-state index contributed by atoms with van der Waals surface area (Å²) in [5.41, 5.74) is 9.31. The largest absolute Gasteiger partial charge is 0.398 e. The average molecular weight is 270 g/mol. The number of H-pyrrole nitrogens is 1. The number of benzene rings is 2. The van der Waals surface area contributed by atoms with Gasteiger partial charge in [0.2, 0.25) is 0 Å². The topological polar surface area (TPSA) is 54.7 Å². The SMILES string of the molecule is Nc1cc(-c2cnc(-c3ccccc3)[nH]2)ccc1Cl. The second kappa shape index (κ2) is 4.78. The van der Waals surface area contributed by atoms with E-state index < -0.39 is 0 Å². The van der Waals surface area contributed by atoms with Crippen LogP contribution in [-0.2, 0) is 0 Å². The molecule has 3 nitrogen and oxygen atoms in total. The Bertz CT molecular complexity index is 704. The van der Waals surface area contributed by atoms with Crippen LogP contribution in [0.4, 0.5) is 5.69 Å². The normalized spacial score (nSPS) is 10.6. The Balaban J connectivity index is 1.99. The van der Waals surface area contributed by atoms with E-state index in [1.54, 1.807) is 12.3 Å². The van der Waals surface area contributed by atoms with Crippen LogP contribution in [0.15, 0.2) is 54.7 Å². The highest BCUT2D eigenvalue weighted by Gasteiger charge is 2.06. The number of halogens is 1. The summed E-state index contributed by atoms with van der Waals surface area (Å²) in [6, 6.07) is 15.5. The molecule has 0 aliphatic rings. The van der Waals surface area contributed by atoms with Gasteiger partial charge in [-0.3, -0.25) is 0 Å². The molecule has 94 valence electrons. The van der Waals surface area contributed by atoms with Crippen molar-refractivity contribution in [3.63, 3.8) is 0 Å². The maximum atomic E-state index is 5.92. The fraction of sp³-hybridized carbons (Fsp3) is 0. The van der Waals surface area contributed by atoms with E-state index in [-0.39, 0.29) is 0 Å². The minimum atomic E-state index is 0.562. The molecule has 3 N–H and O–H groups in total. The van der Waals surface area contributed by atoms with E-state index in [2.05, 4.69) is 9.97 Å². The molecule has 0 saturated carbocycles. The van der Waals surface area contributed by atoms with E-state index in [9.17, 15) is 0 Å². The fourth-order valence-corrected chi connectivity index (χ4v) is 2.04. The number of hydrogen-bond donors (Lipinski definition) is 2. The van der Waals surface area contributed by atoms with E-state index in [4.69, 9.17) is 17.3 Å². The van der Waals surface area contributed by atoms with Gasteiger partial charge in [0, 0.05) is 11.1 Å². The van der Waals surface area contributed by atoms with Gasteiger partial charge in [-0.1, -0.05) is 48.0 Å². The first-order chi connectivity index (χ1) is 9.24. The number of aromatic nitrogens is 2. The van der Waals surface area contributed by atoms with Gasteiger partial charge in [-0.25, -0.2) is 4.98 Å². The molecular weight excluding hydrogens is 258 g/mol. The zero-order valence-electron chi connectivity index (χ0n) is 10.1. The van der Waals surface area contributed by atoms with E-state index in [1.165, 1.54) is 0 Å². The highest BCUT2D eigenvalue weighted by Crippen LogP contribution is 2.27. The molecule has 0 spiro atoms. The smallest absolute Gasteiger partial charge is 0.137 e. The molecule has 0 amide bonds. The van der Waals surface area contributed by atoms with Crippen LogP contribution in [0.1, 0.15) is 0 Å². The third-order valence-electron chi connectivity index (χ3n) is 2.93. The minimum absolute atomic E-state index is 0.562. The van der Waals surface area contributed by atoms with Crippen molar-refractivity contribution in [1.29, 1.82) is 0 Å². The molecule has 0 saturated heterocycles. The summed E-state index contributed by atoms with van der Waals surface area (Å²) in [6.07, 6.45) is 1.80. The predicted octanol–water partition coefficient (Wildman–Crippen LogP) is 3.98. The number of nitrogens with two attached hydrogens (primary N) is 1. The lowest BCUT2D eigenvalue weighted by molar-refractivity contribution is 1.31. The van der Waals surface area contributed by atoms with E-state index >= 15 is 0 Å². The van der Waals surface area contributed by atoms with Crippen molar-refractivity contribution in [3.05, 3.63) is 59.8 Å². The van der Waals surface area contributed by atoms with Crippen molar-refractivity contribution < 1.29 is 0 Å². The van der Waals surface area contributed by atoms with Crippen LogP contribution in [0.5, 0.6) is 0 Å². The Labute approximate surface area is 116 Å². The van der Waals surface area contributed by atoms with Gasteiger partial charge < -0.3 is 10.7 Å². The predicted molar refractivity (Wildman–Crippen MR) is 78.9 cm³/mol. The molecule has 0 radical (unpaired) electrons. The van der Waals surface area contributed by atoms with Gasteiger partial charge in [-0.05, 0) is 12.1 Å². The maximum absolute atomic E-state index is 5.92. The lowest BCUT2D eigenvalue weighted by Gasteiger charge is -2.01. The first kappa shape index (κ1) is 11.8. The minimum Gasteiger partial charge on any atom is -0.398 e. The van der Waals surface area contributed by atoms with Crippen LogP contribution in [-0.4, -0.2) is 9.97 Å². The fourth-order valence-electron chi connectivity index (χ4n) is 1.92. The quantitative estimate of drug-likeness (QED) is 0.692. The molecule has 0 atom stereocenters. The van der Waals surface area contributed by atoms with Crippen molar-refractivity contribution in [3.8, 4) is 22.6 Å². The summed E-state index contributed by atoms with van der Waals surface area (Å²) < 4.78 is 0. The standard InChI is InChI=1S/C15H12ClN3/c16-12-7-6-11(8-13(12)17)14-9-18-15(19-14)10-4-2-1-3-5-10/h1-9H,17H2,(H,18,19). The Morgan fingerprint density at radius 2 is 1.79 bits per heavy atom. The average Bonchev–Trinajstić information content (AvgIpc) is 2.93. The van der Waals surface area contributed by atoms with Gasteiger partial charge in [0.05, 0.1) is 22.6 Å². The summed E-state index contributed by atoms with van der Waals surface area (Å²) in [7, 11) is 0. The van der Waals surface area contributed by atoms with E-state index in [1.807, 2.05) is 42.5 Å². The number of anilines is 1. The molecule has 3 rings (SSSR count). The molecular formula is C15H12ClN3. The second-order valence-corrected chi connectivity index (χ2v) is 4.65. The summed E-state index contributed by atoms with van der Waals surface area (Å²) in [4.78, 5) is 7.67. The van der Waals surface area contributed by atoms with Crippen LogP contribution in [0.3, 0.4) is 0 Å². The number of nitrogens with zero attached hydrogens (tertiary/aromatic N) is 1. The van der Waals surface area contributed by atoms with Gasteiger partial charge in [-0.15, -0.1) is 0 Å². The number of aromatic amines is 1. The molecule has 0 bridgehead atoms. The summed E-state index contributed by atoms with van der Waals surface area (Å²) >= 11 is 5.92. The van der Waals surface area contributed by atoms with Crippen LogP contribution >= 0.6 is 11.6 Å². The lowest BCUT2D eigenvalue weighted by Crippen LogP contribution is -1.87. The van der Waals surface area contributed by atoms with Crippen molar-refractivity contribution in [2.75, 3.05) is 5.73 Å². The molecule has 1 aromatic heterocycles. The van der Waals surface area contributed by atoms with Gasteiger partial charge in [-0.2, -0.15) is 0 Å². The summed E-state index contributed by atoms with van der Waals surface area (Å²) in [6.45, 7) is 0. The van der Waals surface area contributed by atoms with E-state index in [0.717, 1.165) is 22.6 Å². The highest BCUT2D eigenvalue weighted by atomic mass is 35.5. The Hall–Kier alpha value is -2.26. The van der Waals surface area contributed by atoms with Crippen LogP contribution in [0, 0.1) is 0 Å². The monoisotopic (exact) mass is 269 g/mol. The Kier molecular flexibility index (Phi) is 2.97. The molecule has 19 heavy (non-hydrogen) atoms. The van der Waals surface area contributed by atoms with Crippen molar-refractivity contribution in [2.24, 2.45) is 0 Å². The number of rotatable bonds is 2. The highest BCUT2D eigenvalue weighted by molar-refractivity contribution is 6.33. The molecule has 0 unspecified atom stereocenters. The molecule has 3 aromatic rings. The molecule has 0 fully saturated rings. The molecule has 4 heteroatoms. The lowest BCUT2D eigenvalue weighted by atomic mass is 10.1. The van der Waals surface area contributed by atoms with Crippen molar-refractivity contribution >= 4 is 17.3 Å². The number of nitrogens with one attached hydrogen (secondary N) is 1. The molecule has 0 aliphatic carbocycles. The van der Waals surface area contributed by atoms with Gasteiger partial charge >= 0.3 is 0 Å². The third kappa shape index (κ3) is 2.33. The second-order valence-electron chi connectivity index (χ2n) is 4.25. The van der Waals surface area contributed by atoms with Gasteiger partial charge in [0.25, 0.3) is 0 Å². The zero-order valence-corrected chi connectivity index (χ0v) is 10.9. The van der Waals surface area contributed by atoms with E-state index in [0.29, 0.717) is 10.7 Å². The van der Waals surface area contributed by atoms with Crippen molar-refractivity contribution in [2.45, 2.75) is 0 Å². The molecule has 1 heterocycles. The zero-order chi connectivity index (χ0) is 13.2. The third-order valence-corrected chi connectivity index (χ3v) is 3.27. The Morgan fingerprint density at radius 1 is 1.00 bits per heavy atom. The van der Waals surface area contributed by atoms with Crippen molar-refractivity contribution in [1.82, 2.24) is 9.97 Å². The first-order valence-corrected chi connectivity index (χ1v) is 6.27. The number of hydrogen-bond acceptors (Lipinski definition) is 2.